The number of halogens is 1. The zero-order chi connectivity index (χ0) is 26.1. The molecule has 0 saturated carbocycles. The molecule has 6 rings (SSSR count). The molecule has 1 amide bonds. The number of nitrogens with zero attached hydrogens (tertiary/aromatic N) is 6. The summed E-state index contributed by atoms with van der Waals surface area (Å²) in [4.78, 5) is 23.0. The first-order valence-electron chi connectivity index (χ1n) is 13.1. The van der Waals surface area contributed by atoms with Crippen molar-refractivity contribution >= 4 is 40.0 Å². The number of carbonyl (C=O) groups is 1. The Labute approximate surface area is 226 Å². The topological polar surface area (TPSA) is 66.6 Å². The molecule has 7 nitrogen and oxygen atoms in total. The van der Waals surface area contributed by atoms with Crippen molar-refractivity contribution in [3.05, 3.63) is 89.4 Å². The van der Waals surface area contributed by atoms with Crippen molar-refractivity contribution in [2.75, 3.05) is 31.1 Å². The van der Waals surface area contributed by atoms with Gasteiger partial charge in [0.1, 0.15) is 0 Å². The Bertz CT molecular complexity index is 1600. The Balaban J connectivity index is 1.37. The van der Waals surface area contributed by atoms with Gasteiger partial charge in [-0.1, -0.05) is 73.1 Å². The second-order valence-corrected chi connectivity index (χ2v) is 10.0. The van der Waals surface area contributed by atoms with Crippen LogP contribution in [0.25, 0.3) is 27.9 Å². The van der Waals surface area contributed by atoms with Gasteiger partial charge in [-0.05, 0) is 42.7 Å². The maximum atomic E-state index is 13.6. The second-order valence-electron chi connectivity index (χ2n) is 9.63. The monoisotopic (exact) mass is 524 g/mol. The van der Waals surface area contributed by atoms with Crippen LogP contribution in [0.3, 0.4) is 0 Å². The third-order valence-electron chi connectivity index (χ3n) is 7.34. The molecule has 0 spiro atoms. The Kier molecular flexibility index (Phi) is 6.68. The van der Waals surface area contributed by atoms with Crippen LogP contribution in [0.1, 0.15) is 31.2 Å². The zero-order valence-electron chi connectivity index (χ0n) is 21.3. The van der Waals surface area contributed by atoms with Gasteiger partial charge in [-0.3, -0.25) is 4.79 Å². The van der Waals surface area contributed by atoms with Gasteiger partial charge in [0.05, 0.1) is 16.5 Å². The minimum absolute atomic E-state index is 0.127. The summed E-state index contributed by atoms with van der Waals surface area (Å²) >= 11 is 6.59. The summed E-state index contributed by atoms with van der Waals surface area (Å²) in [5.74, 6) is 1.49. The maximum absolute atomic E-state index is 13.6. The number of hydrogen-bond acceptors (Lipinski definition) is 5. The minimum Gasteiger partial charge on any atom is -0.340 e. The lowest BCUT2D eigenvalue weighted by molar-refractivity contribution is -0.132. The minimum atomic E-state index is -0.127. The van der Waals surface area contributed by atoms with Gasteiger partial charge >= 0.3 is 0 Å². The average molecular weight is 525 g/mol. The van der Waals surface area contributed by atoms with E-state index in [0.29, 0.717) is 23.9 Å². The molecule has 1 saturated heterocycles. The molecule has 1 aliphatic rings. The van der Waals surface area contributed by atoms with Crippen LogP contribution >= 0.6 is 11.6 Å². The first-order valence-corrected chi connectivity index (χ1v) is 13.5. The molecule has 3 aromatic carbocycles. The molecule has 2 aromatic heterocycles. The lowest BCUT2D eigenvalue weighted by Crippen LogP contribution is -2.38. The third-order valence-corrected chi connectivity index (χ3v) is 7.67. The second kappa shape index (κ2) is 10.4. The SMILES string of the molecule is CC[C@H](C(=O)N1CCCN(c2nc3ccccc3c3nnc(-c4ccccc4Cl)n23)CC1)c1ccccc1. The summed E-state index contributed by atoms with van der Waals surface area (Å²) in [5, 5.41) is 10.7. The van der Waals surface area contributed by atoms with Crippen LogP contribution in [0.5, 0.6) is 0 Å². The molecular weight excluding hydrogens is 496 g/mol. The highest BCUT2D eigenvalue weighted by atomic mass is 35.5. The van der Waals surface area contributed by atoms with E-state index in [1.165, 1.54) is 0 Å². The molecule has 8 heteroatoms. The Morgan fingerprint density at radius 1 is 0.895 bits per heavy atom. The number of aromatic nitrogens is 4. The third kappa shape index (κ3) is 4.37. The highest BCUT2D eigenvalue weighted by Gasteiger charge is 2.28. The van der Waals surface area contributed by atoms with Gasteiger partial charge in [0.2, 0.25) is 11.9 Å². The molecule has 1 atom stereocenters. The molecule has 1 aliphatic heterocycles. The number of fused-ring (bicyclic) bond motifs is 3. The fourth-order valence-corrected chi connectivity index (χ4v) is 5.61. The van der Waals surface area contributed by atoms with E-state index in [2.05, 4.69) is 22.0 Å². The molecule has 1 fully saturated rings. The van der Waals surface area contributed by atoms with Gasteiger partial charge in [-0.25, -0.2) is 9.38 Å². The van der Waals surface area contributed by atoms with Crippen LogP contribution < -0.4 is 4.90 Å². The highest BCUT2D eigenvalue weighted by Crippen LogP contribution is 2.32. The van der Waals surface area contributed by atoms with E-state index in [9.17, 15) is 4.79 Å². The molecule has 0 bridgehead atoms. The predicted octanol–water partition coefficient (Wildman–Crippen LogP) is 5.83. The number of rotatable bonds is 5. The van der Waals surface area contributed by atoms with Crippen molar-refractivity contribution in [1.29, 1.82) is 0 Å². The fourth-order valence-electron chi connectivity index (χ4n) is 5.39. The van der Waals surface area contributed by atoms with E-state index >= 15 is 0 Å². The van der Waals surface area contributed by atoms with Gasteiger partial charge < -0.3 is 9.80 Å². The largest absolute Gasteiger partial charge is 0.340 e. The molecule has 38 heavy (non-hydrogen) atoms. The lowest BCUT2D eigenvalue weighted by Gasteiger charge is -2.27. The Hall–Kier alpha value is -3.97. The van der Waals surface area contributed by atoms with E-state index in [1.54, 1.807) is 0 Å². The van der Waals surface area contributed by atoms with Crippen molar-refractivity contribution in [1.82, 2.24) is 24.5 Å². The number of benzene rings is 3. The predicted molar refractivity (Wildman–Crippen MR) is 152 cm³/mol. The van der Waals surface area contributed by atoms with Crippen molar-refractivity contribution in [2.24, 2.45) is 0 Å². The average Bonchev–Trinajstić information content (AvgIpc) is 3.24. The number of carbonyl (C=O) groups excluding carboxylic acids is 1. The van der Waals surface area contributed by atoms with Crippen LogP contribution in [-0.4, -0.2) is 56.6 Å². The van der Waals surface area contributed by atoms with Gasteiger partial charge in [0.15, 0.2) is 11.5 Å². The first-order chi connectivity index (χ1) is 18.7. The molecule has 5 aromatic rings. The van der Waals surface area contributed by atoms with Gasteiger partial charge in [-0.2, -0.15) is 0 Å². The summed E-state index contributed by atoms with van der Waals surface area (Å²) < 4.78 is 2.01. The molecule has 0 unspecified atom stereocenters. The number of para-hydroxylation sites is 1. The Morgan fingerprint density at radius 3 is 2.47 bits per heavy atom. The molecule has 3 heterocycles. The van der Waals surface area contributed by atoms with E-state index in [0.717, 1.165) is 59.6 Å². The summed E-state index contributed by atoms with van der Waals surface area (Å²) in [7, 11) is 0. The fraction of sp³-hybridized carbons (Fsp3) is 0.267. The first kappa shape index (κ1) is 24.4. The highest BCUT2D eigenvalue weighted by molar-refractivity contribution is 6.33. The quantitative estimate of drug-likeness (QED) is 0.289. The van der Waals surface area contributed by atoms with Crippen LogP contribution in [-0.2, 0) is 4.79 Å². The van der Waals surface area contributed by atoms with Gasteiger partial charge in [-0.15, -0.1) is 10.2 Å². The smallest absolute Gasteiger partial charge is 0.230 e. The summed E-state index contributed by atoms with van der Waals surface area (Å²) in [6.07, 6.45) is 1.62. The summed E-state index contributed by atoms with van der Waals surface area (Å²) in [6.45, 7) is 4.86. The molecule has 0 radical (unpaired) electrons. The lowest BCUT2D eigenvalue weighted by atomic mass is 9.95. The van der Waals surface area contributed by atoms with Crippen molar-refractivity contribution < 1.29 is 4.79 Å². The van der Waals surface area contributed by atoms with Gasteiger partial charge in [0, 0.05) is 37.1 Å². The molecule has 192 valence electrons. The maximum Gasteiger partial charge on any atom is 0.230 e. The number of anilines is 1. The van der Waals surface area contributed by atoms with Crippen LogP contribution in [0.4, 0.5) is 5.95 Å². The summed E-state index contributed by atoms with van der Waals surface area (Å²) in [6, 6.07) is 25.7. The van der Waals surface area contributed by atoms with Crippen molar-refractivity contribution in [3.63, 3.8) is 0 Å². The van der Waals surface area contributed by atoms with Crippen molar-refractivity contribution in [2.45, 2.75) is 25.7 Å². The van der Waals surface area contributed by atoms with E-state index < -0.39 is 0 Å². The van der Waals surface area contributed by atoms with E-state index in [4.69, 9.17) is 16.6 Å². The number of hydrogen-bond donors (Lipinski definition) is 0. The van der Waals surface area contributed by atoms with E-state index in [1.807, 2.05) is 88.2 Å². The molecular formula is C30H29ClN6O. The molecule has 0 aliphatic carbocycles. The van der Waals surface area contributed by atoms with Crippen LogP contribution in [0.2, 0.25) is 5.02 Å². The van der Waals surface area contributed by atoms with Crippen molar-refractivity contribution in [3.8, 4) is 11.4 Å². The standard InChI is InChI=1S/C30H29ClN6O/c1-2-22(21-11-4-3-5-12-21)29(38)35-17-10-18-36(20-19-35)30-32-26-16-9-7-14-24(26)28-34-33-27(37(28)30)23-13-6-8-15-25(23)31/h3-9,11-16,22H,2,10,17-20H2,1H3/t22-/m0/s1. The number of amides is 1. The summed E-state index contributed by atoms with van der Waals surface area (Å²) in [5.41, 5.74) is 3.49. The van der Waals surface area contributed by atoms with Gasteiger partial charge in [0.25, 0.3) is 0 Å². The zero-order valence-corrected chi connectivity index (χ0v) is 22.1. The van der Waals surface area contributed by atoms with Crippen LogP contribution in [0.15, 0.2) is 78.9 Å². The normalized spacial score (nSPS) is 15.1. The van der Waals surface area contributed by atoms with Crippen LogP contribution in [0, 0.1) is 0 Å². The van der Waals surface area contributed by atoms with E-state index in [-0.39, 0.29) is 11.8 Å². The molecule has 0 N–H and O–H groups in total. The Morgan fingerprint density at radius 2 is 1.66 bits per heavy atom.